The summed E-state index contributed by atoms with van der Waals surface area (Å²) in [6, 6.07) is 7.92. The summed E-state index contributed by atoms with van der Waals surface area (Å²) in [6.45, 7) is 7.13. The van der Waals surface area contributed by atoms with Gasteiger partial charge in [-0.1, -0.05) is 45.0 Å². The van der Waals surface area contributed by atoms with Crippen molar-refractivity contribution in [2.45, 2.75) is 33.9 Å². The first-order valence-corrected chi connectivity index (χ1v) is 6.10. The molecule has 0 aliphatic heterocycles. The van der Waals surface area contributed by atoms with E-state index in [1.165, 1.54) is 0 Å². The largest absolute Gasteiger partial charge is 0.352 e. The van der Waals surface area contributed by atoms with Crippen LogP contribution >= 0.6 is 0 Å². The van der Waals surface area contributed by atoms with E-state index in [2.05, 4.69) is 19.2 Å². The Morgan fingerprint density at radius 2 is 1.82 bits per heavy atom. The van der Waals surface area contributed by atoms with E-state index in [9.17, 15) is 4.79 Å². The minimum atomic E-state index is 0.0417. The van der Waals surface area contributed by atoms with Gasteiger partial charge in [-0.05, 0) is 17.0 Å². The highest BCUT2D eigenvalue weighted by molar-refractivity contribution is 5.78. The van der Waals surface area contributed by atoms with Gasteiger partial charge in [-0.2, -0.15) is 0 Å². The number of amides is 1. The number of rotatable bonds is 5. The minimum Gasteiger partial charge on any atom is -0.352 e. The molecule has 1 atom stereocenters. The van der Waals surface area contributed by atoms with Gasteiger partial charge in [0, 0.05) is 19.0 Å². The highest BCUT2D eigenvalue weighted by atomic mass is 16.1. The molecule has 0 aromatic heterocycles. The van der Waals surface area contributed by atoms with Crippen molar-refractivity contribution in [3.05, 3.63) is 35.4 Å². The number of nitrogens with two attached hydrogens (primary N) is 1. The van der Waals surface area contributed by atoms with Crippen LogP contribution in [0.4, 0.5) is 0 Å². The van der Waals surface area contributed by atoms with Crippen LogP contribution in [0.5, 0.6) is 0 Å². The summed E-state index contributed by atoms with van der Waals surface area (Å²) in [5, 5.41) is 2.96. The maximum absolute atomic E-state index is 11.8. The van der Waals surface area contributed by atoms with E-state index < -0.39 is 0 Å². The molecular weight excluding hydrogens is 212 g/mol. The van der Waals surface area contributed by atoms with Crippen LogP contribution in [-0.2, 0) is 17.9 Å². The summed E-state index contributed by atoms with van der Waals surface area (Å²) < 4.78 is 0. The van der Waals surface area contributed by atoms with Crippen LogP contribution in [-0.4, -0.2) is 5.91 Å². The van der Waals surface area contributed by atoms with Gasteiger partial charge in [0.1, 0.15) is 0 Å². The molecule has 3 nitrogen and oxygen atoms in total. The molecule has 1 amide bonds. The molecule has 1 aromatic carbocycles. The minimum absolute atomic E-state index is 0.0417. The number of carbonyl (C=O) groups excluding carboxylic acids is 1. The summed E-state index contributed by atoms with van der Waals surface area (Å²) in [6.07, 6.45) is 0. The first-order chi connectivity index (χ1) is 8.06. The molecule has 0 saturated heterocycles. The third-order valence-electron chi connectivity index (χ3n) is 3.20. The summed E-state index contributed by atoms with van der Waals surface area (Å²) in [5.41, 5.74) is 7.84. The SMILES string of the molecule is CC(C)C(C)C(=O)NCc1ccccc1CN. The molecule has 1 aromatic rings. The number of carbonyl (C=O) groups is 1. The smallest absolute Gasteiger partial charge is 0.223 e. The highest BCUT2D eigenvalue weighted by Crippen LogP contribution is 2.11. The molecule has 0 spiro atoms. The summed E-state index contributed by atoms with van der Waals surface area (Å²) in [4.78, 5) is 11.8. The maximum atomic E-state index is 11.8. The predicted octanol–water partition coefficient (Wildman–Crippen LogP) is 2.05. The summed E-state index contributed by atoms with van der Waals surface area (Å²) >= 11 is 0. The average molecular weight is 234 g/mol. The van der Waals surface area contributed by atoms with Crippen molar-refractivity contribution in [3.63, 3.8) is 0 Å². The van der Waals surface area contributed by atoms with Gasteiger partial charge in [-0.3, -0.25) is 4.79 Å². The molecule has 1 rings (SSSR count). The molecule has 3 N–H and O–H groups in total. The Kier molecular flexibility index (Phi) is 5.16. The first-order valence-electron chi connectivity index (χ1n) is 6.10. The average Bonchev–Trinajstić information content (AvgIpc) is 2.35. The van der Waals surface area contributed by atoms with E-state index in [0.29, 0.717) is 19.0 Å². The lowest BCUT2D eigenvalue weighted by Crippen LogP contribution is -2.31. The number of nitrogens with one attached hydrogen (secondary N) is 1. The van der Waals surface area contributed by atoms with E-state index in [-0.39, 0.29) is 11.8 Å². The van der Waals surface area contributed by atoms with Crippen LogP contribution in [0.1, 0.15) is 31.9 Å². The van der Waals surface area contributed by atoms with Gasteiger partial charge in [0.2, 0.25) is 5.91 Å². The second-order valence-electron chi connectivity index (χ2n) is 4.72. The zero-order chi connectivity index (χ0) is 12.8. The quantitative estimate of drug-likeness (QED) is 0.819. The van der Waals surface area contributed by atoms with E-state index in [0.717, 1.165) is 11.1 Å². The van der Waals surface area contributed by atoms with E-state index >= 15 is 0 Å². The van der Waals surface area contributed by atoms with E-state index in [4.69, 9.17) is 5.73 Å². The zero-order valence-electron chi connectivity index (χ0n) is 10.9. The van der Waals surface area contributed by atoms with Crippen molar-refractivity contribution < 1.29 is 4.79 Å². The number of hydrogen-bond donors (Lipinski definition) is 2. The molecule has 3 heteroatoms. The fourth-order valence-corrected chi connectivity index (χ4v) is 1.58. The Bertz CT molecular complexity index is 374. The van der Waals surface area contributed by atoms with Gasteiger partial charge >= 0.3 is 0 Å². The predicted molar refractivity (Wildman–Crippen MR) is 70.2 cm³/mol. The zero-order valence-corrected chi connectivity index (χ0v) is 10.9. The lowest BCUT2D eigenvalue weighted by atomic mass is 9.97. The topological polar surface area (TPSA) is 55.1 Å². The monoisotopic (exact) mass is 234 g/mol. The lowest BCUT2D eigenvalue weighted by molar-refractivity contribution is -0.125. The van der Waals surface area contributed by atoms with Crippen LogP contribution in [0.2, 0.25) is 0 Å². The normalized spacial score (nSPS) is 12.5. The van der Waals surface area contributed by atoms with Crippen LogP contribution in [0, 0.1) is 11.8 Å². The van der Waals surface area contributed by atoms with Crippen molar-refractivity contribution in [3.8, 4) is 0 Å². The third kappa shape index (κ3) is 3.86. The van der Waals surface area contributed by atoms with Gasteiger partial charge in [0.05, 0.1) is 0 Å². The van der Waals surface area contributed by atoms with E-state index in [1.807, 2.05) is 31.2 Å². The molecule has 0 aliphatic rings. The molecule has 1 unspecified atom stereocenters. The van der Waals surface area contributed by atoms with E-state index in [1.54, 1.807) is 0 Å². The van der Waals surface area contributed by atoms with Crippen molar-refractivity contribution in [1.82, 2.24) is 5.32 Å². The molecule has 94 valence electrons. The van der Waals surface area contributed by atoms with Gasteiger partial charge < -0.3 is 11.1 Å². The molecule has 0 aliphatic carbocycles. The second-order valence-corrected chi connectivity index (χ2v) is 4.72. The summed E-state index contributed by atoms with van der Waals surface area (Å²) in [5.74, 6) is 0.506. The Morgan fingerprint density at radius 3 is 2.35 bits per heavy atom. The van der Waals surface area contributed by atoms with Crippen molar-refractivity contribution >= 4 is 5.91 Å². The number of hydrogen-bond acceptors (Lipinski definition) is 2. The highest BCUT2D eigenvalue weighted by Gasteiger charge is 2.16. The Balaban J connectivity index is 2.58. The van der Waals surface area contributed by atoms with Crippen LogP contribution in [0.15, 0.2) is 24.3 Å². The fraction of sp³-hybridized carbons (Fsp3) is 0.500. The Labute approximate surface area is 103 Å². The first kappa shape index (κ1) is 13.7. The second kappa shape index (κ2) is 6.40. The standard InChI is InChI=1S/C14H22N2O/c1-10(2)11(3)14(17)16-9-13-7-5-4-6-12(13)8-15/h4-7,10-11H,8-9,15H2,1-3H3,(H,16,17). The molecule has 0 heterocycles. The van der Waals surface area contributed by atoms with Crippen molar-refractivity contribution in [2.75, 3.05) is 0 Å². The van der Waals surface area contributed by atoms with Gasteiger partial charge in [0.25, 0.3) is 0 Å². The summed E-state index contributed by atoms with van der Waals surface area (Å²) in [7, 11) is 0. The van der Waals surface area contributed by atoms with Gasteiger partial charge in [0.15, 0.2) is 0 Å². The number of benzene rings is 1. The maximum Gasteiger partial charge on any atom is 0.223 e. The molecule has 17 heavy (non-hydrogen) atoms. The Morgan fingerprint density at radius 1 is 1.24 bits per heavy atom. The van der Waals surface area contributed by atoms with Crippen LogP contribution in [0.25, 0.3) is 0 Å². The molecular formula is C14H22N2O. The molecule has 0 radical (unpaired) electrons. The fourth-order valence-electron chi connectivity index (χ4n) is 1.58. The lowest BCUT2D eigenvalue weighted by Gasteiger charge is -2.16. The van der Waals surface area contributed by atoms with Crippen LogP contribution < -0.4 is 11.1 Å². The Hall–Kier alpha value is -1.35. The van der Waals surface area contributed by atoms with Crippen molar-refractivity contribution in [2.24, 2.45) is 17.6 Å². The van der Waals surface area contributed by atoms with Crippen LogP contribution in [0.3, 0.4) is 0 Å². The molecule has 0 bridgehead atoms. The van der Waals surface area contributed by atoms with Crippen molar-refractivity contribution in [1.29, 1.82) is 0 Å². The molecule has 0 fully saturated rings. The molecule has 0 saturated carbocycles. The third-order valence-corrected chi connectivity index (χ3v) is 3.20. The van der Waals surface area contributed by atoms with Gasteiger partial charge in [-0.15, -0.1) is 0 Å². The van der Waals surface area contributed by atoms with Gasteiger partial charge in [-0.25, -0.2) is 0 Å².